The van der Waals surface area contributed by atoms with Crippen molar-refractivity contribution in [1.29, 1.82) is 0 Å². The summed E-state index contributed by atoms with van der Waals surface area (Å²) in [6.07, 6.45) is 4.55. The van der Waals surface area contributed by atoms with Crippen LogP contribution in [0.5, 0.6) is 0 Å². The highest BCUT2D eigenvalue weighted by Gasteiger charge is 2.22. The molecule has 126 valence electrons. The van der Waals surface area contributed by atoms with Crippen molar-refractivity contribution in [2.75, 3.05) is 31.2 Å². The molecule has 1 aromatic heterocycles. The molecule has 6 nitrogen and oxygen atoms in total. The molecule has 0 radical (unpaired) electrons. The van der Waals surface area contributed by atoms with E-state index in [9.17, 15) is 4.79 Å². The van der Waals surface area contributed by atoms with E-state index >= 15 is 0 Å². The standard InChI is InChI=1S/C17H26N4O2/c1-12(2)14-11-15(16(22)18-13-5-3-4-6-13)20-17(19-14)21-7-9-23-10-8-21/h11-13H,3-10H2,1-2H3,(H,18,22). The van der Waals surface area contributed by atoms with Gasteiger partial charge in [0.15, 0.2) is 0 Å². The van der Waals surface area contributed by atoms with Gasteiger partial charge in [-0.15, -0.1) is 0 Å². The number of carbonyl (C=O) groups excluding carboxylic acids is 1. The predicted molar refractivity (Wildman–Crippen MR) is 88.9 cm³/mol. The second-order valence-corrected chi connectivity index (χ2v) is 6.69. The number of morpholine rings is 1. The van der Waals surface area contributed by atoms with E-state index in [1.807, 2.05) is 6.07 Å². The fraction of sp³-hybridized carbons (Fsp3) is 0.706. The molecule has 1 amide bonds. The summed E-state index contributed by atoms with van der Waals surface area (Å²) in [6, 6.07) is 2.13. The highest BCUT2D eigenvalue weighted by Crippen LogP contribution is 2.20. The van der Waals surface area contributed by atoms with Crippen LogP contribution in [-0.2, 0) is 4.74 Å². The molecule has 1 saturated carbocycles. The van der Waals surface area contributed by atoms with Gasteiger partial charge in [0.1, 0.15) is 5.69 Å². The van der Waals surface area contributed by atoms with E-state index in [0.29, 0.717) is 30.9 Å². The molecule has 2 aliphatic rings. The minimum Gasteiger partial charge on any atom is -0.378 e. The van der Waals surface area contributed by atoms with Crippen LogP contribution in [0, 0.1) is 0 Å². The lowest BCUT2D eigenvalue weighted by atomic mass is 10.1. The van der Waals surface area contributed by atoms with Crippen LogP contribution in [0.2, 0.25) is 0 Å². The number of amides is 1. The van der Waals surface area contributed by atoms with Gasteiger partial charge in [-0.25, -0.2) is 9.97 Å². The summed E-state index contributed by atoms with van der Waals surface area (Å²) < 4.78 is 5.39. The number of anilines is 1. The Morgan fingerprint density at radius 2 is 1.96 bits per heavy atom. The van der Waals surface area contributed by atoms with Crippen LogP contribution in [0.3, 0.4) is 0 Å². The molecule has 0 aromatic carbocycles. The Hall–Kier alpha value is -1.69. The largest absolute Gasteiger partial charge is 0.378 e. The van der Waals surface area contributed by atoms with Gasteiger partial charge in [0.2, 0.25) is 5.95 Å². The number of rotatable bonds is 4. The highest BCUT2D eigenvalue weighted by molar-refractivity contribution is 5.92. The Morgan fingerprint density at radius 3 is 2.61 bits per heavy atom. The van der Waals surface area contributed by atoms with Crippen LogP contribution in [0.25, 0.3) is 0 Å². The predicted octanol–water partition coefficient (Wildman–Crippen LogP) is 2.11. The fourth-order valence-electron chi connectivity index (χ4n) is 3.10. The maximum Gasteiger partial charge on any atom is 0.270 e. The molecule has 1 saturated heterocycles. The summed E-state index contributed by atoms with van der Waals surface area (Å²) in [4.78, 5) is 23.8. The van der Waals surface area contributed by atoms with Gasteiger partial charge in [0.05, 0.1) is 13.2 Å². The highest BCUT2D eigenvalue weighted by atomic mass is 16.5. The monoisotopic (exact) mass is 318 g/mol. The molecular weight excluding hydrogens is 292 g/mol. The smallest absolute Gasteiger partial charge is 0.270 e. The molecule has 1 aliphatic carbocycles. The zero-order chi connectivity index (χ0) is 16.2. The van der Waals surface area contributed by atoms with E-state index in [0.717, 1.165) is 31.6 Å². The third kappa shape index (κ3) is 3.99. The van der Waals surface area contributed by atoms with Crippen molar-refractivity contribution in [3.8, 4) is 0 Å². The molecule has 1 aliphatic heterocycles. The number of ether oxygens (including phenoxy) is 1. The van der Waals surface area contributed by atoms with Crippen molar-refractivity contribution >= 4 is 11.9 Å². The van der Waals surface area contributed by atoms with Crippen LogP contribution >= 0.6 is 0 Å². The molecule has 0 atom stereocenters. The molecule has 2 fully saturated rings. The average Bonchev–Trinajstić information content (AvgIpc) is 3.08. The Balaban J connectivity index is 1.82. The van der Waals surface area contributed by atoms with Crippen molar-refractivity contribution in [2.45, 2.75) is 51.5 Å². The number of aromatic nitrogens is 2. The SMILES string of the molecule is CC(C)c1cc(C(=O)NC2CCCC2)nc(N2CCOCC2)n1. The zero-order valence-electron chi connectivity index (χ0n) is 14.0. The van der Waals surface area contributed by atoms with E-state index in [4.69, 9.17) is 4.74 Å². The minimum atomic E-state index is -0.0734. The van der Waals surface area contributed by atoms with Gasteiger partial charge in [0, 0.05) is 24.8 Å². The first-order valence-electron chi connectivity index (χ1n) is 8.66. The van der Waals surface area contributed by atoms with Crippen molar-refractivity contribution in [3.05, 3.63) is 17.5 Å². The van der Waals surface area contributed by atoms with Crippen LogP contribution in [0.15, 0.2) is 6.07 Å². The maximum absolute atomic E-state index is 12.6. The van der Waals surface area contributed by atoms with Gasteiger partial charge in [-0.3, -0.25) is 4.79 Å². The molecule has 3 rings (SSSR count). The van der Waals surface area contributed by atoms with Crippen molar-refractivity contribution in [1.82, 2.24) is 15.3 Å². The first-order chi connectivity index (χ1) is 11.1. The summed E-state index contributed by atoms with van der Waals surface area (Å²) in [5.74, 6) is 0.836. The van der Waals surface area contributed by atoms with Gasteiger partial charge >= 0.3 is 0 Å². The molecule has 0 bridgehead atoms. The van der Waals surface area contributed by atoms with Gasteiger partial charge in [-0.1, -0.05) is 26.7 Å². The summed E-state index contributed by atoms with van der Waals surface area (Å²) in [5, 5.41) is 3.12. The van der Waals surface area contributed by atoms with Crippen molar-refractivity contribution in [3.63, 3.8) is 0 Å². The Kier molecular flexibility index (Phi) is 5.10. The average molecular weight is 318 g/mol. The number of hydrogen-bond acceptors (Lipinski definition) is 5. The Labute approximate surface area is 137 Å². The van der Waals surface area contributed by atoms with Crippen LogP contribution in [0.4, 0.5) is 5.95 Å². The summed E-state index contributed by atoms with van der Waals surface area (Å²) in [7, 11) is 0. The third-order valence-corrected chi connectivity index (χ3v) is 4.54. The van der Waals surface area contributed by atoms with Gasteiger partial charge in [0.25, 0.3) is 5.91 Å². The lowest BCUT2D eigenvalue weighted by molar-refractivity contribution is 0.0932. The number of carbonyl (C=O) groups is 1. The van der Waals surface area contributed by atoms with Crippen LogP contribution in [-0.4, -0.2) is 48.2 Å². The second kappa shape index (κ2) is 7.25. The Morgan fingerprint density at radius 1 is 1.26 bits per heavy atom. The lowest BCUT2D eigenvalue weighted by Crippen LogP contribution is -2.38. The summed E-state index contributed by atoms with van der Waals surface area (Å²) >= 11 is 0. The summed E-state index contributed by atoms with van der Waals surface area (Å²) in [6.45, 7) is 7.07. The number of hydrogen-bond donors (Lipinski definition) is 1. The molecule has 1 aromatic rings. The van der Waals surface area contributed by atoms with Crippen molar-refractivity contribution in [2.24, 2.45) is 0 Å². The first-order valence-corrected chi connectivity index (χ1v) is 8.66. The molecule has 6 heteroatoms. The Bertz CT molecular complexity index is 550. The maximum atomic E-state index is 12.6. The van der Waals surface area contributed by atoms with Crippen LogP contribution in [0.1, 0.15) is 61.6 Å². The quantitative estimate of drug-likeness (QED) is 0.921. The summed E-state index contributed by atoms with van der Waals surface area (Å²) in [5.41, 5.74) is 1.40. The van der Waals surface area contributed by atoms with E-state index < -0.39 is 0 Å². The minimum absolute atomic E-state index is 0.0734. The molecule has 1 N–H and O–H groups in total. The lowest BCUT2D eigenvalue weighted by Gasteiger charge is -2.27. The fourth-order valence-corrected chi connectivity index (χ4v) is 3.10. The van der Waals surface area contributed by atoms with E-state index in [1.165, 1.54) is 12.8 Å². The molecule has 2 heterocycles. The first kappa shape index (κ1) is 16.2. The van der Waals surface area contributed by atoms with E-state index in [2.05, 4.69) is 34.0 Å². The molecule has 23 heavy (non-hydrogen) atoms. The third-order valence-electron chi connectivity index (χ3n) is 4.54. The van der Waals surface area contributed by atoms with Crippen molar-refractivity contribution < 1.29 is 9.53 Å². The second-order valence-electron chi connectivity index (χ2n) is 6.69. The molecule has 0 unspecified atom stereocenters. The van der Waals surface area contributed by atoms with E-state index in [-0.39, 0.29) is 11.8 Å². The number of nitrogens with zero attached hydrogens (tertiary/aromatic N) is 3. The number of nitrogens with one attached hydrogen (secondary N) is 1. The van der Waals surface area contributed by atoms with Gasteiger partial charge in [-0.05, 0) is 24.8 Å². The van der Waals surface area contributed by atoms with Crippen LogP contribution < -0.4 is 10.2 Å². The van der Waals surface area contributed by atoms with Gasteiger partial charge in [-0.2, -0.15) is 0 Å². The van der Waals surface area contributed by atoms with E-state index in [1.54, 1.807) is 0 Å². The normalized spacial score (nSPS) is 19.3. The molecular formula is C17H26N4O2. The molecule has 0 spiro atoms. The topological polar surface area (TPSA) is 67.4 Å². The zero-order valence-corrected chi connectivity index (χ0v) is 14.0. The van der Waals surface area contributed by atoms with Gasteiger partial charge < -0.3 is 15.0 Å².